The molecule has 0 radical (unpaired) electrons. The quantitative estimate of drug-likeness (QED) is 0.868. The van der Waals surface area contributed by atoms with Gasteiger partial charge in [0.25, 0.3) is 5.91 Å². The smallest absolute Gasteiger partial charge is 0.258 e. The lowest BCUT2D eigenvalue weighted by molar-refractivity contribution is -0.126. The summed E-state index contributed by atoms with van der Waals surface area (Å²) in [5.41, 5.74) is -0.499. The van der Waals surface area contributed by atoms with E-state index in [1.165, 1.54) is 24.3 Å². The normalized spacial score (nSPS) is 17.5. The summed E-state index contributed by atoms with van der Waals surface area (Å²) in [5, 5.41) is 12.4. The molecule has 0 atom stereocenters. The SMILES string of the molecule is O=C(COc1ccc(F)cc1)NC1(CO)CCCCC1. The Labute approximate surface area is 117 Å². The van der Waals surface area contributed by atoms with Gasteiger partial charge in [0.05, 0.1) is 12.1 Å². The maximum Gasteiger partial charge on any atom is 0.258 e. The largest absolute Gasteiger partial charge is 0.484 e. The standard InChI is InChI=1S/C15H20FNO3/c16-12-4-6-13(7-5-12)20-10-14(19)17-15(11-18)8-2-1-3-9-15/h4-7,18H,1-3,8-11H2,(H,17,19). The van der Waals surface area contributed by atoms with E-state index >= 15 is 0 Å². The molecule has 4 nitrogen and oxygen atoms in total. The fourth-order valence-electron chi connectivity index (χ4n) is 2.56. The molecule has 1 aromatic carbocycles. The Morgan fingerprint density at radius 3 is 2.50 bits per heavy atom. The van der Waals surface area contributed by atoms with Crippen LogP contribution in [0.4, 0.5) is 4.39 Å². The molecule has 0 aliphatic heterocycles. The van der Waals surface area contributed by atoms with Crippen LogP contribution in [0.5, 0.6) is 5.75 Å². The van der Waals surface area contributed by atoms with E-state index in [-0.39, 0.29) is 24.9 Å². The first kappa shape index (κ1) is 14.8. The first-order chi connectivity index (χ1) is 9.63. The number of hydrogen-bond donors (Lipinski definition) is 2. The Morgan fingerprint density at radius 2 is 1.90 bits per heavy atom. The van der Waals surface area contributed by atoms with Gasteiger partial charge in [0.1, 0.15) is 11.6 Å². The number of carbonyl (C=O) groups is 1. The molecule has 1 fully saturated rings. The summed E-state index contributed by atoms with van der Waals surface area (Å²) in [6.07, 6.45) is 4.76. The van der Waals surface area contributed by atoms with Gasteiger partial charge in [-0.3, -0.25) is 4.79 Å². The Balaban J connectivity index is 1.83. The van der Waals surface area contributed by atoms with Gasteiger partial charge in [0, 0.05) is 0 Å². The highest BCUT2D eigenvalue weighted by molar-refractivity contribution is 5.78. The molecule has 1 amide bonds. The van der Waals surface area contributed by atoms with E-state index in [2.05, 4.69) is 5.32 Å². The number of halogens is 1. The minimum absolute atomic E-state index is 0.0463. The van der Waals surface area contributed by atoms with E-state index in [9.17, 15) is 14.3 Å². The average molecular weight is 281 g/mol. The van der Waals surface area contributed by atoms with Gasteiger partial charge in [-0.25, -0.2) is 4.39 Å². The zero-order valence-corrected chi connectivity index (χ0v) is 11.4. The number of benzene rings is 1. The van der Waals surface area contributed by atoms with Gasteiger partial charge in [-0.2, -0.15) is 0 Å². The lowest BCUT2D eigenvalue weighted by Crippen LogP contribution is -2.53. The minimum atomic E-state index is -0.499. The summed E-state index contributed by atoms with van der Waals surface area (Å²) < 4.78 is 18.0. The van der Waals surface area contributed by atoms with Gasteiger partial charge in [-0.05, 0) is 37.1 Å². The Kier molecular flexibility index (Phi) is 4.95. The van der Waals surface area contributed by atoms with E-state index in [0.29, 0.717) is 5.75 Å². The molecule has 0 aromatic heterocycles. The molecule has 0 unspecified atom stereocenters. The van der Waals surface area contributed by atoms with Crippen molar-refractivity contribution in [3.8, 4) is 5.75 Å². The molecule has 0 spiro atoms. The van der Waals surface area contributed by atoms with Crippen molar-refractivity contribution in [2.75, 3.05) is 13.2 Å². The third-order valence-electron chi connectivity index (χ3n) is 3.70. The van der Waals surface area contributed by atoms with Crippen LogP contribution >= 0.6 is 0 Å². The van der Waals surface area contributed by atoms with Gasteiger partial charge in [0.15, 0.2) is 6.61 Å². The minimum Gasteiger partial charge on any atom is -0.484 e. The third-order valence-corrected chi connectivity index (χ3v) is 3.70. The van der Waals surface area contributed by atoms with Crippen LogP contribution in [0, 0.1) is 5.82 Å². The van der Waals surface area contributed by atoms with Crippen LogP contribution in [0.3, 0.4) is 0 Å². The third kappa shape index (κ3) is 3.93. The second kappa shape index (κ2) is 6.70. The van der Waals surface area contributed by atoms with Crippen LogP contribution in [0.1, 0.15) is 32.1 Å². The summed E-state index contributed by atoms with van der Waals surface area (Å²) >= 11 is 0. The molecular formula is C15H20FNO3. The topological polar surface area (TPSA) is 58.6 Å². The predicted molar refractivity (Wildman–Crippen MR) is 72.9 cm³/mol. The fraction of sp³-hybridized carbons (Fsp3) is 0.533. The van der Waals surface area contributed by atoms with E-state index in [0.717, 1.165) is 32.1 Å². The molecule has 0 heterocycles. The number of rotatable bonds is 5. The number of nitrogens with one attached hydrogen (secondary N) is 1. The summed E-state index contributed by atoms with van der Waals surface area (Å²) in [4.78, 5) is 11.9. The Morgan fingerprint density at radius 1 is 1.25 bits per heavy atom. The van der Waals surface area contributed by atoms with Crippen molar-refractivity contribution in [2.24, 2.45) is 0 Å². The van der Waals surface area contributed by atoms with Gasteiger partial charge in [0.2, 0.25) is 0 Å². The molecule has 1 saturated carbocycles. The molecule has 20 heavy (non-hydrogen) atoms. The van der Waals surface area contributed by atoms with E-state index in [1.807, 2.05) is 0 Å². The zero-order valence-electron chi connectivity index (χ0n) is 11.4. The lowest BCUT2D eigenvalue weighted by atomic mass is 9.82. The van der Waals surface area contributed by atoms with Crippen LogP contribution < -0.4 is 10.1 Å². The molecular weight excluding hydrogens is 261 g/mol. The van der Waals surface area contributed by atoms with Crippen molar-refractivity contribution in [3.05, 3.63) is 30.1 Å². The first-order valence-corrected chi connectivity index (χ1v) is 6.94. The van der Waals surface area contributed by atoms with Crippen LogP contribution in [0.15, 0.2) is 24.3 Å². The van der Waals surface area contributed by atoms with Gasteiger partial charge < -0.3 is 15.2 Å². The number of ether oxygens (including phenoxy) is 1. The maximum atomic E-state index is 12.7. The van der Waals surface area contributed by atoms with Crippen molar-refractivity contribution in [2.45, 2.75) is 37.6 Å². The molecule has 0 saturated heterocycles. The molecule has 1 aliphatic rings. The van der Waals surface area contributed by atoms with Crippen molar-refractivity contribution in [1.29, 1.82) is 0 Å². The van der Waals surface area contributed by atoms with Crippen LogP contribution in [-0.4, -0.2) is 29.8 Å². The van der Waals surface area contributed by atoms with Crippen LogP contribution in [0.2, 0.25) is 0 Å². The zero-order chi connectivity index (χ0) is 14.4. The Hall–Kier alpha value is -1.62. The maximum absolute atomic E-state index is 12.7. The van der Waals surface area contributed by atoms with Crippen LogP contribution in [-0.2, 0) is 4.79 Å². The summed E-state index contributed by atoms with van der Waals surface area (Å²) in [6.45, 7) is -0.178. The number of carbonyl (C=O) groups excluding carboxylic acids is 1. The lowest BCUT2D eigenvalue weighted by Gasteiger charge is -2.36. The van der Waals surface area contributed by atoms with E-state index in [4.69, 9.17) is 4.74 Å². The first-order valence-electron chi connectivity index (χ1n) is 6.94. The summed E-state index contributed by atoms with van der Waals surface area (Å²) in [7, 11) is 0. The van der Waals surface area contributed by atoms with Crippen molar-refractivity contribution in [3.63, 3.8) is 0 Å². The molecule has 1 aromatic rings. The van der Waals surface area contributed by atoms with Gasteiger partial charge >= 0.3 is 0 Å². The molecule has 1 aliphatic carbocycles. The number of aliphatic hydroxyl groups excluding tert-OH is 1. The molecule has 2 N–H and O–H groups in total. The van der Waals surface area contributed by atoms with Crippen LogP contribution in [0.25, 0.3) is 0 Å². The van der Waals surface area contributed by atoms with Crippen molar-refractivity contribution >= 4 is 5.91 Å². The Bertz CT molecular complexity index is 441. The summed E-state index contributed by atoms with van der Waals surface area (Å²) in [5.74, 6) is -0.156. The fourth-order valence-corrected chi connectivity index (χ4v) is 2.56. The van der Waals surface area contributed by atoms with Gasteiger partial charge in [-0.1, -0.05) is 19.3 Å². The average Bonchev–Trinajstić information content (AvgIpc) is 2.47. The van der Waals surface area contributed by atoms with Gasteiger partial charge in [-0.15, -0.1) is 0 Å². The number of hydrogen-bond acceptors (Lipinski definition) is 3. The van der Waals surface area contributed by atoms with Crippen molar-refractivity contribution in [1.82, 2.24) is 5.32 Å². The van der Waals surface area contributed by atoms with Crippen molar-refractivity contribution < 1.29 is 19.0 Å². The summed E-state index contributed by atoms with van der Waals surface area (Å²) in [6, 6.07) is 5.52. The second-order valence-electron chi connectivity index (χ2n) is 5.29. The predicted octanol–water partition coefficient (Wildman–Crippen LogP) is 2.02. The highest BCUT2D eigenvalue weighted by atomic mass is 19.1. The molecule has 2 rings (SSSR count). The molecule has 110 valence electrons. The van der Waals surface area contributed by atoms with E-state index < -0.39 is 5.54 Å². The highest BCUT2D eigenvalue weighted by Gasteiger charge is 2.32. The molecule has 5 heteroatoms. The van der Waals surface area contributed by atoms with E-state index in [1.54, 1.807) is 0 Å². The highest BCUT2D eigenvalue weighted by Crippen LogP contribution is 2.27. The second-order valence-corrected chi connectivity index (χ2v) is 5.29. The number of aliphatic hydroxyl groups is 1. The monoisotopic (exact) mass is 281 g/mol. The molecule has 0 bridgehead atoms. The number of amides is 1.